The molecule has 1 rings (SSSR count). The normalized spacial score (nSPS) is 12.1. The van der Waals surface area contributed by atoms with Gasteiger partial charge in [-0.15, -0.1) is 0 Å². The van der Waals surface area contributed by atoms with Crippen molar-refractivity contribution in [1.82, 2.24) is 5.32 Å². The van der Waals surface area contributed by atoms with Gasteiger partial charge >= 0.3 is 0 Å². The third-order valence-corrected chi connectivity index (χ3v) is 2.74. The van der Waals surface area contributed by atoms with Crippen LogP contribution in [0.4, 0.5) is 0 Å². The zero-order chi connectivity index (χ0) is 15.1. The molecule has 5 heteroatoms. The maximum Gasteiger partial charge on any atom is 0.257 e. The topological polar surface area (TPSA) is 67.8 Å². The molecule has 1 aromatic rings. The molecule has 0 heterocycles. The predicted molar refractivity (Wildman–Crippen MR) is 77.0 cm³/mol. The number of benzene rings is 1. The molecule has 0 fully saturated rings. The predicted octanol–water partition coefficient (Wildman–Crippen LogP) is 1.90. The molecule has 0 saturated carbocycles. The Morgan fingerprint density at radius 2 is 2.00 bits per heavy atom. The van der Waals surface area contributed by atoms with Crippen LogP contribution in [-0.2, 0) is 4.79 Å². The van der Waals surface area contributed by atoms with Crippen molar-refractivity contribution in [2.24, 2.45) is 5.92 Å². The number of methoxy groups -OCH3 is 1. The van der Waals surface area contributed by atoms with Crippen LogP contribution in [0.3, 0.4) is 0 Å². The molecule has 0 aliphatic carbocycles. The van der Waals surface area contributed by atoms with Gasteiger partial charge in [-0.1, -0.05) is 19.9 Å². The summed E-state index contributed by atoms with van der Waals surface area (Å²) in [5.74, 6) is 1.22. The van der Waals surface area contributed by atoms with E-state index in [0.29, 0.717) is 24.0 Å². The highest BCUT2D eigenvalue weighted by atomic mass is 16.5. The van der Waals surface area contributed by atoms with Crippen LogP contribution in [0.25, 0.3) is 0 Å². The van der Waals surface area contributed by atoms with Crippen LogP contribution in [-0.4, -0.2) is 31.3 Å². The van der Waals surface area contributed by atoms with Crippen molar-refractivity contribution >= 4 is 5.91 Å². The Bertz CT molecular complexity index is 443. The van der Waals surface area contributed by atoms with Gasteiger partial charge in [0.2, 0.25) is 0 Å². The second kappa shape index (κ2) is 7.75. The number of hydrogen-bond donors (Lipinski definition) is 2. The van der Waals surface area contributed by atoms with Crippen LogP contribution in [0.1, 0.15) is 32.4 Å². The summed E-state index contributed by atoms with van der Waals surface area (Å²) >= 11 is 0. The number of aliphatic hydroxyl groups is 1. The lowest BCUT2D eigenvalue weighted by Crippen LogP contribution is -2.31. The fourth-order valence-electron chi connectivity index (χ4n) is 1.58. The Morgan fingerprint density at radius 3 is 2.55 bits per heavy atom. The molecule has 0 aliphatic rings. The van der Waals surface area contributed by atoms with Gasteiger partial charge in [0.05, 0.1) is 13.2 Å². The number of carbonyl (C=O) groups excluding carboxylic acids is 1. The Kier molecular flexibility index (Phi) is 6.31. The van der Waals surface area contributed by atoms with E-state index >= 15 is 0 Å². The smallest absolute Gasteiger partial charge is 0.257 e. The van der Waals surface area contributed by atoms with E-state index in [2.05, 4.69) is 5.32 Å². The zero-order valence-corrected chi connectivity index (χ0v) is 12.5. The quantitative estimate of drug-likeness (QED) is 0.801. The first-order valence-corrected chi connectivity index (χ1v) is 6.69. The molecule has 20 heavy (non-hydrogen) atoms. The van der Waals surface area contributed by atoms with Crippen molar-refractivity contribution in [2.75, 3.05) is 20.3 Å². The number of amides is 1. The van der Waals surface area contributed by atoms with E-state index in [1.807, 2.05) is 13.8 Å². The monoisotopic (exact) mass is 281 g/mol. The number of carbonyl (C=O) groups is 1. The molecule has 5 nitrogen and oxygen atoms in total. The summed E-state index contributed by atoms with van der Waals surface area (Å²) in [5, 5.41) is 12.3. The molecule has 0 aliphatic heterocycles. The first-order valence-electron chi connectivity index (χ1n) is 6.69. The van der Waals surface area contributed by atoms with Gasteiger partial charge in [0.25, 0.3) is 5.91 Å². The van der Waals surface area contributed by atoms with Crippen LogP contribution in [0.5, 0.6) is 11.5 Å². The van der Waals surface area contributed by atoms with Crippen LogP contribution in [0.2, 0.25) is 0 Å². The standard InChI is InChI=1S/C15H23NO4/c1-10(2)8-16-15(18)9-20-13-6-5-12(11(3)17)7-14(13)19-4/h5-7,10-11,17H,8-9H2,1-4H3,(H,16,18)/t11-/m1/s1. The molecule has 1 amide bonds. The average molecular weight is 281 g/mol. The van der Waals surface area contributed by atoms with Crippen molar-refractivity contribution in [1.29, 1.82) is 0 Å². The molecule has 0 aromatic heterocycles. The minimum atomic E-state index is -0.577. The summed E-state index contributed by atoms with van der Waals surface area (Å²) in [6, 6.07) is 5.14. The lowest BCUT2D eigenvalue weighted by molar-refractivity contribution is -0.123. The van der Waals surface area contributed by atoms with E-state index in [0.717, 1.165) is 5.56 Å². The van der Waals surface area contributed by atoms with E-state index in [1.54, 1.807) is 25.1 Å². The van der Waals surface area contributed by atoms with Crippen LogP contribution < -0.4 is 14.8 Å². The van der Waals surface area contributed by atoms with E-state index in [9.17, 15) is 9.90 Å². The van der Waals surface area contributed by atoms with E-state index in [-0.39, 0.29) is 12.5 Å². The van der Waals surface area contributed by atoms with Gasteiger partial charge in [-0.25, -0.2) is 0 Å². The second-order valence-electron chi connectivity index (χ2n) is 5.07. The fraction of sp³-hybridized carbons (Fsp3) is 0.533. The molecule has 0 spiro atoms. The Labute approximate surface area is 119 Å². The summed E-state index contributed by atoms with van der Waals surface area (Å²) in [5.41, 5.74) is 0.735. The lowest BCUT2D eigenvalue weighted by atomic mass is 10.1. The van der Waals surface area contributed by atoms with Gasteiger partial charge in [-0.2, -0.15) is 0 Å². The number of nitrogens with one attached hydrogen (secondary N) is 1. The van der Waals surface area contributed by atoms with Crippen molar-refractivity contribution in [2.45, 2.75) is 26.9 Å². The third kappa shape index (κ3) is 5.09. The highest BCUT2D eigenvalue weighted by molar-refractivity contribution is 5.77. The first-order chi connectivity index (χ1) is 9.43. The summed E-state index contributed by atoms with van der Waals surface area (Å²) in [4.78, 5) is 11.6. The fourth-order valence-corrected chi connectivity index (χ4v) is 1.58. The Hall–Kier alpha value is -1.75. The molecule has 0 radical (unpaired) electrons. The van der Waals surface area contributed by atoms with Gasteiger partial charge in [0.15, 0.2) is 18.1 Å². The molecular weight excluding hydrogens is 258 g/mol. The summed E-state index contributed by atoms with van der Waals surface area (Å²) in [6.07, 6.45) is -0.577. The molecule has 1 aromatic carbocycles. The van der Waals surface area contributed by atoms with E-state index < -0.39 is 6.10 Å². The van der Waals surface area contributed by atoms with Gasteiger partial charge in [0, 0.05) is 6.54 Å². The minimum Gasteiger partial charge on any atom is -0.493 e. The summed E-state index contributed by atoms with van der Waals surface area (Å²) in [7, 11) is 1.52. The number of rotatable bonds is 7. The van der Waals surface area contributed by atoms with Crippen molar-refractivity contribution < 1.29 is 19.4 Å². The zero-order valence-electron chi connectivity index (χ0n) is 12.5. The van der Waals surface area contributed by atoms with Gasteiger partial charge < -0.3 is 19.9 Å². The molecule has 0 unspecified atom stereocenters. The Morgan fingerprint density at radius 1 is 1.30 bits per heavy atom. The van der Waals surface area contributed by atoms with Crippen molar-refractivity contribution in [3.05, 3.63) is 23.8 Å². The van der Waals surface area contributed by atoms with Crippen molar-refractivity contribution in [3.8, 4) is 11.5 Å². The molecule has 2 N–H and O–H groups in total. The largest absolute Gasteiger partial charge is 0.493 e. The van der Waals surface area contributed by atoms with Crippen LogP contribution in [0.15, 0.2) is 18.2 Å². The highest BCUT2D eigenvalue weighted by Crippen LogP contribution is 2.30. The molecule has 0 saturated heterocycles. The van der Waals surface area contributed by atoms with E-state index in [1.165, 1.54) is 7.11 Å². The molecule has 0 bridgehead atoms. The molecule has 1 atom stereocenters. The van der Waals surface area contributed by atoms with Gasteiger partial charge in [-0.05, 0) is 30.5 Å². The van der Waals surface area contributed by atoms with Crippen LogP contribution in [0, 0.1) is 5.92 Å². The third-order valence-electron chi connectivity index (χ3n) is 2.74. The number of ether oxygens (including phenoxy) is 2. The highest BCUT2D eigenvalue weighted by Gasteiger charge is 2.10. The molecule has 112 valence electrons. The van der Waals surface area contributed by atoms with Crippen LogP contribution >= 0.6 is 0 Å². The Balaban J connectivity index is 2.61. The second-order valence-corrected chi connectivity index (χ2v) is 5.07. The van der Waals surface area contributed by atoms with Gasteiger partial charge in [-0.3, -0.25) is 4.79 Å². The number of aliphatic hydroxyl groups excluding tert-OH is 1. The first kappa shape index (κ1) is 16.3. The number of hydrogen-bond acceptors (Lipinski definition) is 4. The summed E-state index contributed by atoms with van der Waals surface area (Å²) < 4.78 is 10.6. The van der Waals surface area contributed by atoms with E-state index in [4.69, 9.17) is 9.47 Å². The summed E-state index contributed by atoms with van der Waals surface area (Å²) in [6.45, 7) is 6.30. The van der Waals surface area contributed by atoms with Gasteiger partial charge in [0.1, 0.15) is 0 Å². The maximum absolute atomic E-state index is 11.6. The molecular formula is C15H23NO4. The minimum absolute atomic E-state index is 0.0584. The SMILES string of the molecule is COc1cc([C@@H](C)O)ccc1OCC(=O)NCC(C)C. The lowest BCUT2D eigenvalue weighted by Gasteiger charge is -2.13. The maximum atomic E-state index is 11.6. The average Bonchev–Trinajstić information content (AvgIpc) is 2.42. The van der Waals surface area contributed by atoms with Crippen molar-refractivity contribution in [3.63, 3.8) is 0 Å².